The second kappa shape index (κ2) is 8.93. The first-order chi connectivity index (χ1) is 12.6. The molecule has 0 aromatic heterocycles. The van der Waals surface area contributed by atoms with E-state index in [1.54, 1.807) is 12.1 Å². The molecule has 0 atom stereocenters. The maximum Gasteiger partial charge on any atom is 0.428 e. The lowest BCUT2D eigenvalue weighted by atomic mass is 10.3. The third-order valence-corrected chi connectivity index (χ3v) is 4.75. The summed E-state index contributed by atoms with van der Waals surface area (Å²) in [4.78, 5) is 31.4. The van der Waals surface area contributed by atoms with Crippen molar-refractivity contribution in [3.63, 3.8) is 0 Å². The van der Waals surface area contributed by atoms with Crippen molar-refractivity contribution in [3.8, 4) is 11.5 Å². The second-order valence-corrected chi connectivity index (χ2v) is 7.72. The lowest BCUT2D eigenvalue weighted by Gasteiger charge is -2.34. The fourth-order valence-corrected chi connectivity index (χ4v) is 3.05. The van der Waals surface area contributed by atoms with Gasteiger partial charge in [0.15, 0.2) is 0 Å². The van der Waals surface area contributed by atoms with Gasteiger partial charge in [-0.2, -0.15) is 0 Å². The molecular weight excluding hydrogens is 420 g/mol. The molecule has 0 saturated carbocycles. The van der Waals surface area contributed by atoms with Gasteiger partial charge in [-0.3, -0.25) is 4.79 Å². The highest BCUT2D eigenvalue weighted by Gasteiger charge is 2.54. The van der Waals surface area contributed by atoms with Gasteiger partial charge in [0.1, 0.15) is 18.0 Å². The molecule has 0 amide bonds. The number of carbonyl (C=O) groups is 1. The summed E-state index contributed by atoms with van der Waals surface area (Å²) < 4.78 is 27.7. The molecule has 0 spiro atoms. The van der Waals surface area contributed by atoms with E-state index in [0.29, 0.717) is 0 Å². The van der Waals surface area contributed by atoms with Crippen molar-refractivity contribution in [2.45, 2.75) is 5.65 Å². The summed E-state index contributed by atoms with van der Waals surface area (Å²) in [6.07, 6.45) is 0. The molecule has 0 radical (unpaired) electrons. The van der Waals surface area contributed by atoms with Crippen LogP contribution < -0.4 is 14.8 Å². The Kier molecular flexibility index (Phi) is 7.11. The van der Waals surface area contributed by atoms with Crippen LogP contribution in [0.2, 0.25) is 10.0 Å². The van der Waals surface area contributed by atoms with Gasteiger partial charge in [0.25, 0.3) is 0 Å². The zero-order valence-corrected chi connectivity index (χ0v) is 16.4. The van der Waals surface area contributed by atoms with Gasteiger partial charge in [-0.05, 0) is 36.4 Å². The molecule has 8 nitrogen and oxygen atoms in total. The van der Waals surface area contributed by atoms with Gasteiger partial charge in [-0.1, -0.05) is 35.3 Å². The van der Waals surface area contributed by atoms with Crippen LogP contribution in [-0.2, 0) is 14.1 Å². The Morgan fingerprint density at radius 3 is 1.93 bits per heavy atom. The van der Waals surface area contributed by atoms with Crippen LogP contribution in [-0.4, -0.2) is 35.1 Å². The molecule has 0 aliphatic carbocycles. The summed E-state index contributed by atoms with van der Waals surface area (Å²) in [5.74, 6) is -0.812. The molecule has 0 bridgehead atoms. The summed E-state index contributed by atoms with van der Waals surface area (Å²) in [6, 6.07) is 11.6. The minimum Gasteiger partial charge on any atom is -0.468 e. The van der Waals surface area contributed by atoms with Crippen molar-refractivity contribution < 1.29 is 33.4 Å². The lowest BCUT2D eigenvalue weighted by Crippen LogP contribution is -2.56. The Morgan fingerprint density at radius 1 is 1.07 bits per heavy atom. The lowest BCUT2D eigenvalue weighted by molar-refractivity contribution is -0.143. The summed E-state index contributed by atoms with van der Waals surface area (Å²) in [6.45, 7) is -0.608. The largest absolute Gasteiger partial charge is 0.468 e. The van der Waals surface area contributed by atoms with Gasteiger partial charge in [0, 0.05) is 10.0 Å². The Labute approximate surface area is 165 Å². The van der Waals surface area contributed by atoms with Crippen LogP contribution in [0.1, 0.15) is 0 Å². The quantitative estimate of drug-likeness (QED) is 0.329. The van der Waals surface area contributed by atoms with Gasteiger partial charge >= 0.3 is 19.2 Å². The van der Waals surface area contributed by atoms with Crippen LogP contribution in [0.25, 0.3) is 0 Å². The molecule has 0 unspecified atom stereocenters. The first-order valence-electron chi connectivity index (χ1n) is 7.42. The molecule has 2 aromatic carbocycles. The first kappa shape index (κ1) is 21.5. The summed E-state index contributed by atoms with van der Waals surface area (Å²) in [5, 5.41) is 2.82. The monoisotopic (exact) mass is 435 g/mol. The Hall–Kier alpha value is -1.80. The summed E-state index contributed by atoms with van der Waals surface area (Å²) in [5.41, 5.74) is -2.74. The highest BCUT2D eigenvalue weighted by Crippen LogP contribution is 2.50. The summed E-state index contributed by atoms with van der Waals surface area (Å²) in [7, 11) is -4.06. The minimum absolute atomic E-state index is 0.00906. The normalized spacial score (nSPS) is 11.7. The number of nitrogens with one attached hydrogen (secondary N) is 1. The molecular formula is C16H16Cl2NO7P. The van der Waals surface area contributed by atoms with Gasteiger partial charge in [0.2, 0.25) is 0 Å². The maximum absolute atomic E-state index is 12.3. The van der Waals surface area contributed by atoms with Crippen LogP contribution in [0.5, 0.6) is 11.5 Å². The molecule has 0 fully saturated rings. The van der Waals surface area contributed by atoms with E-state index in [4.69, 9.17) is 32.7 Å². The van der Waals surface area contributed by atoms with Crippen LogP contribution >= 0.6 is 30.8 Å². The van der Waals surface area contributed by atoms with Gasteiger partial charge in [-0.15, -0.1) is 0 Å². The molecule has 0 heterocycles. The zero-order valence-electron chi connectivity index (χ0n) is 14.0. The van der Waals surface area contributed by atoms with Crippen molar-refractivity contribution >= 4 is 36.8 Å². The third kappa shape index (κ3) is 5.84. The van der Waals surface area contributed by atoms with Crippen LogP contribution in [0.3, 0.4) is 0 Å². The van der Waals surface area contributed by atoms with E-state index in [-0.39, 0.29) is 21.5 Å². The number of rotatable bonds is 8. The molecule has 3 N–H and O–H groups in total. The average molecular weight is 436 g/mol. The van der Waals surface area contributed by atoms with Crippen LogP contribution in [0, 0.1) is 0 Å². The smallest absolute Gasteiger partial charge is 0.428 e. The summed E-state index contributed by atoms with van der Waals surface area (Å²) >= 11 is 11.8. The Bertz CT molecular complexity index is 811. The maximum atomic E-state index is 12.3. The topological polar surface area (TPSA) is 114 Å². The predicted octanol–water partition coefficient (Wildman–Crippen LogP) is 3.00. The van der Waals surface area contributed by atoms with Crippen molar-refractivity contribution in [1.29, 1.82) is 0 Å². The number of methoxy groups -OCH3 is 1. The molecule has 27 heavy (non-hydrogen) atoms. The molecule has 2 aromatic rings. The molecule has 0 aliphatic heterocycles. The van der Waals surface area contributed by atoms with Crippen molar-refractivity contribution in [2.24, 2.45) is 0 Å². The highest BCUT2D eigenvalue weighted by atomic mass is 35.5. The highest BCUT2D eigenvalue weighted by molar-refractivity contribution is 7.53. The van der Waals surface area contributed by atoms with Gasteiger partial charge in [0.05, 0.1) is 7.11 Å². The third-order valence-electron chi connectivity index (χ3n) is 3.17. The first-order valence-corrected chi connectivity index (χ1v) is 9.79. The number of ether oxygens (including phenoxy) is 3. The number of halogens is 2. The SMILES string of the molecule is COC(=O)CNC(Oc1cccc(Cl)c1)(Oc1cccc(Cl)c1)P(=O)(O)O. The standard InChI is InChI=1S/C16H16Cl2NO7P/c1-24-15(20)10-19-16(27(21,22)23,25-13-6-2-4-11(17)8-13)26-14-7-3-5-12(18)9-14/h2-9,19H,10H2,1H3,(H2,21,22,23). The van der Waals surface area contributed by atoms with E-state index in [0.717, 1.165) is 7.11 Å². The van der Waals surface area contributed by atoms with Crippen LogP contribution in [0.15, 0.2) is 48.5 Å². The van der Waals surface area contributed by atoms with Gasteiger partial charge < -0.3 is 24.0 Å². The fourth-order valence-electron chi connectivity index (χ4n) is 1.95. The van der Waals surface area contributed by atoms with Gasteiger partial charge in [-0.25, -0.2) is 9.88 Å². The molecule has 0 aliphatic rings. The number of hydrogen-bond acceptors (Lipinski definition) is 6. The van der Waals surface area contributed by atoms with E-state index < -0.39 is 25.8 Å². The van der Waals surface area contributed by atoms with E-state index in [1.807, 2.05) is 0 Å². The fraction of sp³-hybridized carbons (Fsp3) is 0.188. The van der Waals surface area contributed by atoms with E-state index >= 15 is 0 Å². The van der Waals surface area contributed by atoms with Crippen molar-refractivity contribution in [1.82, 2.24) is 5.32 Å². The number of hydrogen-bond donors (Lipinski definition) is 3. The molecule has 2 rings (SSSR count). The van der Waals surface area contributed by atoms with E-state index in [2.05, 4.69) is 10.1 Å². The Morgan fingerprint density at radius 2 is 1.56 bits per heavy atom. The number of benzene rings is 2. The molecule has 11 heteroatoms. The second-order valence-electron chi connectivity index (χ2n) is 5.17. The minimum atomic E-state index is -5.18. The van der Waals surface area contributed by atoms with Crippen molar-refractivity contribution in [3.05, 3.63) is 58.6 Å². The van der Waals surface area contributed by atoms with E-state index in [1.165, 1.54) is 36.4 Å². The number of esters is 1. The Balaban J connectivity index is 2.47. The molecule has 0 saturated heterocycles. The predicted molar refractivity (Wildman–Crippen MR) is 99.0 cm³/mol. The van der Waals surface area contributed by atoms with E-state index in [9.17, 15) is 19.1 Å². The average Bonchev–Trinajstić information content (AvgIpc) is 2.58. The number of carbonyl (C=O) groups excluding carboxylic acids is 1. The van der Waals surface area contributed by atoms with Crippen molar-refractivity contribution in [2.75, 3.05) is 13.7 Å². The molecule has 146 valence electrons. The zero-order chi connectivity index (χ0) is 20.1. The van der Waals surface area contributed by atoms with Crippen LogP contribution in [0.4, 0.5) is 0 Å².